The van der Waals surface area contributed by atoms with Crippen LogP contribution in [0.2, 0.25) is 10.0 Å². The number of nitrogens with one attached hydrogen (secondary N) is 1. The monoisotopic (exact) mass is 480 g/mol. The number of rotatable bonds is 4. The predicted octanol–water partition coefficient (Wildman–Crippen LogP) is 5.15. The Bertz CT molecular complexity index is 1110. The molecule has 8 heteroatoms. The van der Waals surface area contributed by atoms with Crippen molar-refractivity contribution in [2.75, 3.05) is 6.26 Å². The first-order chi connectivity index (χ1) is 14.7. The standard InChI is InChI=1S/C23H26Cl2N2O3S/c1-14-16-7-3-4-8-17(16)23(28)27(22(14)18-12-11-15(24)13-19(18)25)21-10-6-5-9-20(21)26-31(2,29)30/h3-4,7-8,11-14,20-22,26H,5-6,9-10H2,1-2H3/t14-,20+,21?,22-/m1/s1. The minimum atomic E-state index is -3.41. The summed E-state index contributed by atoms with van der Waals surface area (Å²) >= 11 is 12.8. The number of sulfonamides is 1. The van der Waals surface area contributed by atoms with E-state index >= 15 is 0 Å². The zero-order valence-electron chi connectivity index (χ0n) is 17.5. The van der Waals surface area contributed by atoms with E-state index < -0.39 is 10.0 Å². The van der Waals surface area contributed by atoms with Crippen molar-refractivity contribution in [3.63, 3.8) is 0 Å². The van der Waals surface area contributed by atoms with Crippen molar-refractivity contribution in [2.45, 2.75) is 56.7 Å². The molecule has 1 fully saturated rings. The molecule has 1 unspecified atom stereocenters. The molecule has 0 bridgehead atoms. The molecule has 1 aliphatic heterocycles. The Balaban J connectivity index is 1.86. The summed E-state index contributed by atoms with van der Waals surface area (Å²) < 4.78 is 26.9. The molecule has 1 heterocycles. The van der Waals surface area contributed by atoms with Crippen LogP contribution in [0.5, 0.6) is 0 Å². The molecule has 4 atom stereocenters. The molecule has 1 N–H and O–H groups in total. The Labute approximate surface area is 193 Å². The Morgan fingerprint density at radius 1 is 1.03 bits per heavy atom. The fourth-order valence-corrected chi connectivity index (χ4v) is 6.48. The average molecular weight is 481 g/mol. The molecule has 4 rings (SSSR count). The molecule has 2 aromatic rings. The number of amides is 1. The molecule has 2 aliphatic rings. The van der Waals surface area contributed by atoms with Crippen molar-refractivity contribution in [1.29, 1.82) is 0 Å². The maximum absolute atomic E-state index is 13.8. The second-order valence-corrected chi connectivity index (χ2v) is 11.2. The van der Waals surface area contributed by atoms with Crippen LogP contribution in [-0.2, 0) is 10.0 Å². The molecule has 0 aromatic heterocycles. The normalized spacial score (nSPS) is 26.6. The highest BCUT2D eigenvalue weighted by Crippen LogP contribution is 2.47. The molecule has 2 aromatic carbocycles. The van der Waals surface area contributed by atoms with Crippen molar-refractivity contribution in [2.24, 2.45) is 0 Å². The first-order valence-electron chi connectivity index (χ1n) is 10.5. The van der Waals surface area contributed by atoms with Gasteiger partial charge in [0.15, 0.2) is 0 Å². The lowest BCUT2D eigenvalue weighted by Crippen LogP contribution is -2.57. The zero-order chi connectivity index (χ0) is 22.3. The van der Waals surface area contributed by atoms with Crippen molar-refractivity contribution >= 4 is 39.1 Å². The van der Waals surface area contributed by atoms with E-state index in [0.29, 0.717) is 22.0 Å². The molecule has 31 heavy (non-hydrogen) atoms. The topological polar surface area (TPSA) is 66.5 Å². The SMILES string of the molecule is C[C@@H]1c2ccccc2C(=O)N(C2CCCC[C@@H]2NS(C)(=O)=O)[C@H]1c1ccc(Cl)cc1Cl. The van der Waals surface area contributed by atoms with Crippen molar-refractivity contribution < 1.29 is 13.2 Å². The number of carbonyl (C=O) groups is 1. The van der Waals surface area contributed by atoms with Crippen LogP contribution in [-0.4, -0.2) is 37.6 Å². The summed E-state index contributed by atoms with van der Waals surface area (Å²) in [6.45, 7) is 2.09. The van der Waals surface area contributed by atoms with E-state index in [4.69, 9.17) is 23.2 Å². The molecular formula is C23H26Cl2N2O3S. The van der Waals surface area contributed by atoms with Crippen LogP contribution in [0, 0.1) is 0 Å². The highest BCUT2D eigenvalue weighted by atomic mass is 35.5. The van der Waals surface area contributed by atoms with Gasteiger partial charge in [-0.1, -0.05) is 67.2 Å². The number of hydrogen-bond donors (Lipinski definition) is 1. The summed E-state index contributed by atoms with van der Waals surface area (Å²) in [6.07, 6.45) is 4.45. The molecule has 1 saturated carbocycles. The van der Waals surface area contributed by atoms with Crippen LogP contribution in [0.15, 0.2) is 42.5 Å². The van der Waals surface area contributed by atoms with Gasteiger partial charge in [-0.25, -0.2) is 13.1 Å². The highest BCUT2D eigenvalue weighted by molar-refractivity contribution is 7.88. The van der Waals surface area contributed by atoms with E-state index in [0.717, 1.165) is 30.4 Å². The molecule has 0 spiro atoms. The van der Waals surface area contributed by atoms with Gasteiger partial charge in [-0.15, -0.1) is 0 Å². The van der Waals surface area contributed by atoms with Gasteiger partial charge in [-0.2, -0.15) is 0 Å². The van der Waals surface area contributed by atoms with E-state index in [2.05, 4.69) is 11.6 Å². The molecule has 0 saturated heterocycles. The predicted molar refractivity (Wildman–Crippen MR) is 124 cm³/mol. The molecule has 0 radical (unpaired) electrons. The van der Waals surface area contributed by atoms with E-state index in [9.17, 15) is 13.2 Å². The van der Waals surface area contributed by atoms with Gasteiger partial charge in [-0.3, -0.25) is 4.79 Å². The molecule has 1 amide bonds. The van der Waals surface area contributed by atoms with Gasteiger partial charge >= 0.3 is 0 Å². The van der Waals surface area contributed by atoms with Crippen molar-refractivity contribution in [3.8, 4) is 0 Å². The number of carbonyl (C=O) groups excluding carboxylic acids is 1. The third-order valence-corrected chi connectivity index (χ3v) is 7.72. The zero-order valence-corrected chi connectivity index (χ0v) is 19.8. The minimum Gasteiger partial charge on any atom is -0.326 e. The number of halogens is 2. The summed E-state index contributed by atoms with van der Waals surface area (Å²) in [4.78, 5) is 15.7. The molecule has 1 aliphatic carbocycles. The van der Waals surface area contributed by atoms with Crippen LogP contribution < -0.4 is 4.72 Å². The second kappa shape index (κ2) is 8.74. The molecule has 5 nitrogen and oxygen atoms in total. The third kappa shape index (κ3) is 4.49. The average Bonchev–Trinajstić information content (AvgIpc) is 2.71. The molecule has 166 valence electrons. The lowest BCUT2D eigenvalue weighted by atomic mass is 9.78. The highest BCUT2D eigenvalue weighted by Gasteiger charge is 2.45. The first-order valence-corrected chi connectivity index (χ1v) is 13.2. The van der Waals surface area contributed by atoms with Crippen LogP contribution in [0.3, 0.4) is 0 Å². The largest absolute Gasteiger partial charge is 0.326 e. The van der Waals surface area contributed by atoms with Crippen LogP contribution in [0.25, 0.3) is 0 Å². The fourth-order valence-electron chi connectivity index (χ4n) is 5.14. The van der Waals surface area contributed by atoms with Gasteiger partial charge in [0, 0.05) is 33.6 Å². The quantitative estimate of drug-likeness (QED) is 0.657. The summed E-state index contributed by atoms with van der Waals surface area (Å²) in [6, 6.07) is 12.1. The van der Waals surface area contributed by atoms with Gasteiger partial charge in [0.25, 0.3) is 5.91 Å². The maximum atomic E-state index is 13.8. The lowest BCUT2D eigenvalue weighted by Gasteiger charge is -2.49. The fraction of sp³-hybridized carbons (Fsp3) is 0.435. The van der Waals surface area contributed by atoms with Gasteiger partial charge in [-0.05, 0) is 42.2 Å². The van der Waals surface area contributed by atoms with Crippen LogP contribution in [0.1, 0.15) is 66.1 Å². The van der Waals surface area contributed by atoms with Crippen molar-refractivity contribution in [3.05, 3.63) is 69.2 Å². The van der Waals surface area contributed by atoms with E-state index in [1.54, 1.807) is 12.1 Å². The van der Waals surface area contributed by atoms with Gasteiger partial charge in [0.1, 0.15) is 0 Å². The summed E-state index contributed by atoms with van der Waals surface area (Å²) in [5.74, 6) is -0.106. The first kappa shape index (κ1) is 22.6. The maximum Gasteiger partial charge on any atom is 0.254 e. The number of benzene rings is 2. The number of hydrogen-bond acceptors (Lipinski definition) is 3. The Kier molecular flexibility index (Phi) is 6.37. The number of fused-ring (bicyclic) bond motifs is 1. The van der Waals surface area contributed by atoms with Gasteiger partial charge in [0.05, 0.1) is 12.3 Å². The van der Waals surface area contributed by atoms with Crippen LogP contribution >= 0.6 is 23.2 Å². The Morgan fingerprint density at radius 3 is 2.45 bits per heavy atom. The second-order valence-electron chi connectivity index (χ2n) is 8.55. The van der Waals surface area contributed by atoms with E-state index in [1.165, 1.54) is 6.26 Å². The van der Waals surface area contributed by atoms with Gasteiger partial charge < -0.3 is 4.90 Å². The van der Waals surface area contributed by atoms with Gasteiger partial charge in [0.2, 0.25) is 10.0 Å². The van der Waals surface area contributed by atoms with E-state index in [1.807, 2.05) is 35.2 Å². The Morgan fingerprint density at radius 2 is 1.74 bits per heavy atom. The third-order valence-electron chi connectivity index (χ3n) is 6.42. The van der Waals surface area contributed by atoms with Crippen molar-refractivity contribution in [1.82, 2.24) is 9.62 Å². The van der Waals surface area contributed by atoms with E-state index in [-0.39, 0.29) is 30.0 Å². The minimum absolute atomic E-state index is 0.0200. The Hall–Kier alpha value is -1.60. The summed E-state index contributed by atoms with van der Waals surface area (Å²) in [5.41, 5.74) is 2.47. The summed E-state index contributed by atoms with van der Waals surface area (Å²) in [5, 5.41) is 1.04. The number of nitrogens with zero attached hydrogens (tertiary/aromatic N) is 1. The molecular weight excluding hydrogens is 455 g/mol. The summed E-state index contributed by atoms with van der Waals surface area (Å²) in [7, 11) is -3.41. The lowest BCUT2D eigenvalue weighted by molar-refractivity contribution is 0.0374. The smallest absolute Gasteiger partial charge is 0.254 e. The van der Waals surface area contributed by atoms with Crippen LogP contribution in [0.4, 0.5) is 0 Å².